The Balaban J connectivity index is 1.76. The van der Waals surface area contributed by atoms with Crippen LogP contribution in [0.4, 0.5) is 0 Å². The summed E-state index contributed by atoms with van der Waals surface area (Å²) in [5, 5.41) is 1.99. The van der Waals surface area contributed by atoms with Crippen molar-refractivity contribution in [2.24, 2.45) is 4.99 Å². The number of thiazole rings is 1. The van der Waals surface area contributed by atoms with Crippen LogP contribution in [-0.2, 0) is 9.53 Å². The average Bonchev–Trinajstić information content (AvgIpc) is 3.23. The van der Waals surface area contributed by atoms with Gasteiger partial charge in [-0.1, -0.05) is 78.9 Å². The Morgan fingerprint density at radius 1 is 1.03 bits per heavy atom. The second-order valence-electron chi connectivity index (χ2n) is 8.33. The maximum Gasteiger partial charge on any atom is 0.338 e. The molecule has 0 spiro atoms. The number of esters is 1. The Hall–Kier alpha value is -3.97. The topological polar surface area (TPSA) is 69.9 Å². The average molecular weight is 499 g/mol. The quantitative estimate of drug-likeness (QED) is 0.371. The van der Waals surface area contributed by atoms with E-state index in [-0.39, 0.29) is 5.56 Å². The molecule has 0 fully saturated rings. The maximum absolute atomic E-state index is 13.8. The van der Waals surface area contributed by atoms with Crippen molar-refractivity contribution < 1.29 is 14.3 Å². The van der Waals surface area contributed by atoms with Gasteiger partial charge in [0.05, 0.1) is 35.6 Å². The first-order valence-corrected chi connectivity index (χ1v) is 12.7. The Bertz CT molecular complexity index is 1670. The number of ether oxygens (including phenoxy) is 2. The van der Waals surface area contributed by atoms with E-state index >= 15 is 0 Å². The van der Waals surface area contributed by atoms with Crippen molar-refractivity contribution in [2.45, 2.75) is 26.3 Å². The molecule has 5 rings (SSSR count). The minimum absolute atomic E-state index is 0.192. The van der Waals surface area contributed by atoms with Gasteiger partial charge in [-0.05, 0) is 42.0 Å². The molecule has 0 bridgehead atoms. The Labute approximate surface area is 212 Å². The van der Waals surface area contributed by atoms with Crippen molar-refractivity contribution in [3.63, 3.8) is 0 Å². The van der Waals surface area contributed by atoms with Gasteiger partial charge in [-0.15, -0.1) is 0 Å². The van der Waals surface area contributed by atoms with Gasteiger partial charge >= 0.3 is 5.97 Å². The minimum atomic E-state index is -0.607. The molecule has 1 aliphatic heterocycles. The number of allylic oxidation sites excluding steroid dienone is 1. The molecule has 1 aromatic heterocycles. The smallest absolute Gasteiger partial charge is 0.338 e. The number of aromatic nitrogens is 1. The van der Waals surface area contributed by atoms with E-state index in [4.69, 9.17) is 14.5 Å². The highest BCUT2D eigenvalue weighted by Gasteiger charge is 2.33. The molecule has 7 heteroatoms. The van der Waals surface area contributed by atoms with E-state index in [1.54, 1.807) is 4.57 Å². The third-order valence-electron chi connectivity index (χ3n) is 6.27. The molecule has 3 aromatic carbocycles. The SMILES string of the molecule is CCOc1ccc(/C=c2\sc3n(c2=O)[C@@H](c2ccccc2)C(C(=O)OC)=C(CC)N=3)c2ccccc12. The molecular weight excluding hydrogens is 472 g/mol. The molecule has 0 amide bonds. The summed E-state index contributed by atoms with van der Waals surface area (Å²) < 4.78 is 13.1. The summed E-state index contributed by atoms with van der Waals surface area (Å²) in [6.45, 7) is 4.48. The largest absolute Gasteiger partial charge is 0.493 e. The number of nitrogens with zero attached hydrogens (tertiary/aromatic N) is 2. The number of hydrogen-bond donors (Lipinski definition) is 0. The lowest BCUT2D eigenvalue weighted by atomic mass is 9.95. The van der Waals surface area contributed by atoms with E-state index in [1.807, 2.05) is 86.7 Å². The lowest BCUT2D eigenvalue weighted by Crippen LogP contribution is -2.40. The van der Waals surface area contributed by atoms with Crippen LogP contribution in [0.2, 0.25) is 0 Å². The molecule has 1 aliphatic rings. The van der Waals surface area contributed by atoms with E-state index in [1.165, 1.54) is 18.4 Å². The molecular formula is C29H26N2O4S. The van der Waals surface area contributed by atoms with Gasteiger partial charge in [0.1, 0.15) is 5.75 Å². The molecule has 182 valence electrons. The van der Waals surface area contributed by atoms with Crippen molar-refractivity contribution in [1.29, 1.82) is 0 Å². The molecule has 0 unspecified atom stereocenters. The molecule has 0 aliphatic carbocycles. The van der Waals surface area contributed by atoms with Gasteiger partial charge in [-0.25, -0.2) is 9.79 Å². The first-order valence-electron chi connectivity index (χ1n) is 11.9. The summed E-state index contributed by atoms with van der Waals surface area (Å²) in [6, 6.07) is 20.8. The normalized spacial score (nSPS) is 15.5. The number of fused-ring (bicyclic) bond motifs is 2. The summed E-state index contributed by atoms with van der Waals surface area (Å²) >= 11 is 1.33. The predicted molar refractivity (Wildman–Crippen MR) is 142 cm³/mol. The van der Waals surface area contributed by atoms with Crippen molar-refractivity contribution in [3.05, 3.63) is 109 Å². The zero-order valence-corrected chi connectivity index (χ0v) is 21.2. The summed E-state index contributed by atoms with van der Waals surface area (Å²) in [4.78, 5) is 32.0. The molecule has 0 N–H and O–H groups in total. The Morgan fingerprint density at radius 3 is 2.44 bits per heavy atom. The number of hydrogen-bond acceptors (Lipinski definition) is 6. The van der Waals surface area contributed by atoms with Crippen LogP contribution in [0.3, 0.4) is 0 Å². The lowest BCUT2D eigenvalue weighted by molar-refractivity contribution is -0.136. The molecule has 0 radical (unpaired) electrons. The second kappa shape index (κ2) is 9.95. The zero-order chi connectivity index (χ0) is 25.2. The van der Waals surface area contributed by atoms with Crippen molar-refractivity contribution >= 4 is 34.2 Å². The molecule has 6 nitrogen and oxygen atoms in total. The monoisotopic (exact) mass is 498 g/mol. The van der Waals surface area contributed by atoms with Gasteiger partial charge < -0.3 is 9.47 Å². The van der Waals surface area contributed by atoms with Crippen LogP contribution < -0.4 is 19.6 Å². The molecule has 1 atom stereocenters. The van der Waals surface area contributed by atoms with Gasteiger partial charge in [0.15, 0.2) is 4.80 Å². The predicted octanol–water partition coefficient (Wildman–Crippen LogP) is 4.35. The van der Waals surface area contributed by atoms with E-state index < -0.39 is 12.0 Å². The lowest BCUT2D eigenvalue weighted by Gasteiger charge is -2.25. The van der Waals surface area contributed by atoms with Crippen molar-refractivity contribution in [3.8, 4) is 5.75 Å². The van der Waals surface area contributed by atoms with Crippen molar-refractivity contribution in [1.82, 2.24) is 4.57 Å². The zero-order valence-electron chi connectivity index (χ0n) is 20.4. The molecule has 2 heterocycles. The van der Waals surface area contributed by atoms with Gasteiger partial charge in [0.25, 0.3) is 5.56 Å². The molecule has 36 heavy (non-hydrogen) atoms. The van der Waals surface area contributed by atoms with Crippen LogP contribution >= 0.6 is 11.3 Å². The standard InChI is InChI=1S/C29H26N2O4S/c1-4-22-25(28(33)34-3)26(18-11-7-6-8-12-18)31-27(32)24(36-29(31)30-22)17-19-15-16-23(35-5-2)21-14-10-9-13-20(19)21/h6-17,26H,4-5H2,1-3H3/b24-17-/t26-/m0/s1. The fourth-order valence-electron chi connectivity index (χ4n) is 4.66. The second-order valence-corrected chi connectivity index (χ2v) is 9.34. The van der Waals surface area contributed by atoms with Gasteiger partial charge in [0, 0.05) is 5.39 Å². The van der Waals surface area contributed by atoms with E-state index in [0.717, 1.165) is 27.6 Å². The van der Waals surface area contributed by atoms with Crippen LogP contribution in [0.15, 0.2) is 87.8 Å². The first-order chi connectivity index (χ1) is 17.6. The number of carbonyl (C=O) groups is 1. The Morgan fingerprint density at radius 2 is 1.75 bits per heavy atom. The number of benzene rings is 3. The van der Waals surface area contributed by atoms with Crippen LogP contribution in [0.25, 0.3) is 16.8 Å². The highest BCUT2D eigenvalue weighted by Crippen LogP contribution is 2.32. The van der Waals surface area contributed by atoms with E-state index in [2.05, 4.69) is 0 Å². The van der Waals surface area contributed by atoms with Gasteiger partial charge in [0.2, 0.25) is 0 Å². The van der Waals surface area contributed by atoms with Crippen LogP contribution in [0.5, 0.6) is 5.75 Å². The highest BCUT2D eigenvalue weighted by molar-refractivity contribution is 7.07. The Kier molecular flexibility index (Phi) is 6.57. The molecule has 0 saturated heterocycles. The van der Waals surface area contributed by atoms with E-state index in [9.17, 15) is 9.59 Å². The fraction of sp³-hybridized carbons (Fsp3) is 0.207. The number of rotatable bonds is 6. The highest BCUT2D eigenvalue weighted by atomic mass is 32.1. The summed E-state index contributed by atoms with van der Waals surface area (Å²) in [6.07, 6.45) is 2.44. The van der Waals surface area contributed by atoms with Crippen molar-refractivity contribution in [2.75, 3.05) is 13.7 Å². The third-order valence-corrected chi connectivity index (χ3v) is 7.25. The molecule has 4 aromatic rings. The minimum Gasteiger partial charge on any atom is -0.493 e. The maximum atomic E-state index is 13.8. The number of methoxy groups -OCH3 is 1. The number of carbonyl (C=O) groups excluding carboxylic acids is 1. The molecule has 0 saturated carbocycles. The summed E-state index contributed by atoms with van der Waals surface area (Å²) in [7, 11) is 1.35. The fourth-order valence-corrected chi connectivity index (χ4v) is 5.67. The van der Waals surface area contributed by atoms with Crippen LogP contribution in [0, 0.1) is 0 Å². The summed E-state index contributed by atoms with van der Waals surface area (Å²) in [5.41, 5.74) is 2.59. The first kappa shape index (κ1) is 23.8. The van der Waals surface area contributed by atoms with Crippen LogP contribution in [0.1, 0.15) is 37.4 Å². The van der Waals surface area contributed by atoms with Crippen LogP contribution in [-0.4, -0.2) is 24.3 Å². The van der Waals surface area contributed by atoms with Gasteiger partial charge in [-0.2, -0.15) is 0 Å². The van der Waals surface area contributed by atoms with Gasteiger partial charge in [-0.3, -0.25) is 9.36 Å². The third kappa shape index (κ3) is 4.05. The van der Waals surface area contributed by atoms with E-state index in [0.29, 0.717) is 33.6 Å². The summed E-state index contributed by atoms with van der Waals surface area (Å²) in [5.74, 6) is 0.335.